The Morgan fingerprint density at radius 3 is 1.51 bits per heavy atom. The van der Waals surface area contributed by atoms with Crippen molar-refractivity contribution >= 4 is 10.8 Å². The van der Waals surface area contributed by atoms with Crippen LogP contribution in [0.3, 0.4) is 0 Å². The molecule has 9 aromatic rings. The molecular weight excluding hydrogens is 665 g/mol. The zero-order valence-electron chi connectivity index (χ0n) is 30.9. The maximum absolute atomic E-state index is 5.03. The van der Waals surface area contributed by atoms with E-state index in [-0.39, 0.29) is 5.41 Å². The van der Waals surface area contributed by atoms with Crippen molar-refractivity contribution in [2.75, 3.05) is 0 Å². The van der Waals surface area contributed by atoms with Crippen molar-refractivity contribution in [3.05, 3.63) is 205 Å². The molecule has 8 aromatic carbocycles. The Balaban J connectivity index is 1.02. The van der Waals surface area contributed by atoms with Crippen LogP contribution in [-0.4, -0.2) is 9.97 Å². The number of hydrogen-bond donors (Lipinski definition) is 0. The Hall–Kier alpha value is -6.90. The first-order chi connectivity index (χ1) is 27.0. The van der Waals surface area contributed by atoms with Gasteiger partial charge in [-0.2, -0.15) is 0 Å². The summed E-state index contributed by atoms with van der Waals surface area (Å²) in [6.07, 6.45) is 0. The molecule has 260 valence electrons. The molecule has 0 aliphatic heterocycles. The molecule has 1 aliphatic rings. The van der Waals surface area contributed by atoms with E-state index in [1.165, 1.54) is 60.8 Å². The third-order valence-corrected chi connectivity index (χ3v) is 11.3. The summed E-state index contributed by atoms with van der Waals surface area (Å²) in [6, 6.07) is 69.7. The average Bonchev–Trinajstić information content (AvgIpc) is 3.48. The van der Waals surface area contributed by atoms with Gasteiger partial charge >= 0.3 is 0 Å². The molecule has 55 heavy (non-hydrogen) atoms. The Labute approximate surface area is 322 Å². The minimum absolute atomic E-state index is 0.0856. The van der Waals surface area contributed by atoms with E-state index in [0.29, 0.717) is 0 Å². The second-order valence-corrected chi connectivity index (χ2v) is 15.0. The largest absolute Gasteiger partial charge is 0.228 e. The van der Waals surface area contributed by atoms with E-state index < -0.39 is 0 Å². The molecule has 1 aliphatic carbocycles. The van der Waals surface area contributed by atoms with Crippen LogP contribution in [0.2, 0.25) is 0 Å². The normalized spacial score (nSPS) is 12.7. The molecule has 0 radical (unpaired) electrons. The minimum atomic E-state index is -0.0856. The topological polar surface area (TPSA) is 25.8 Å². The summed E-state index contributed by atoms with van der Waals surface area (Å²) in [6.45, 7) is 4.71. The van der Waals surface area contributed by atoms with Crippen LogP contribution in [0.25, 0.3) is 89.2 Å². The predicted octanol–water partition coefficient (Wildman–Crippen LogP) is 13.9. The average molecular weight is 703 g/mol. The maximum Gasteiger partial charge on any atom is 0.160 e. The first-order valence-corrected chi connectivity index (χ1v) is 19.0. The first-order valence-electron chi connectivity index (χ1n) is 19.0. The van der Waals surface area contributed by atoms with Crippen molar-refractivity contribution in [2.24, 2.45) is 0 Å². The lowest BCUT2D eigenvalue weighted by atomic mass is 9.80. The Morgan fingerprint density at radius 1 is 0.309 bits per heavy atom. The lowest BCUT2D eigenvalue weighted by molar-refractivity contribution is 0.660. The van der Waals surface area contributed by atoms with Gasteiger partial charge in [0.2, 0.25) is 0 Å². The number of aromatic nitrogens is 2. The fourth-order valence-corrected chi connectivity index (χ4v) is 8.33. The zero-order chi connectivity index (χ0) is 36.9. The summed E-state index contributed by atoms with van der Waals surface area (Å²) >= 11 is 0. The van der Waals surface area contributed by atoms with Crippen LogP contribution in [0.4, 0.5) is 0 Å². The summed E-state index contributed by atoms with van der Waals surface area (Å²) < 4.78 is 0. The standard InChI is InChI=1S/C53H38N2/c1-53(2)48-20-12-11-19-44(48)47-32-45(43-30-25-35-13-9-10-18-42(35)31-43)46(33-49(47)53)38-26-21-36(22-27-38)37-23-28-40(29-24-37)51-34-50(39-14-5-3-6-15-39)54-52(55-51)41-16-7-4-8-17-41/h3-34H,1-2H3. The molecule has 0 fully saturated rings. The second kappa shape index (κ2) is 13.2. The molecule has 0 saturated carbocycles. The summed E-state index contributed by atoms with van der Waals surface area (Å²) in [5.41, 5.74) is 17.6. The van der Waals surface area contributed by atoms with Gasteiger partial charge in [0.05, 0.1) is 11.4 Å². The lowest BCUT2D eigenvalue weighted by Gasteiger charge is -2.23. The summed E-state index contributed by atoms with van der Waals surface area (Å²) in [7, 11) is 0. The van der Waals surface area contributed by atoms with Crippen molar-refractivity contribution in [1.29, 1.82) is 0 Å². The summed E-state index contributed by atoms with van der Waals surface area (Å²) in [5, 5.41) is 2.50. The van der Waals surface area contributed by atoms with Gasteiger partial charge in [-0.05, 0) is 90.7 Å². The highest BCUT2D eigenvalue weighted by atomic mass is 14.9. The molecule has 1 aromatic heterocycles. The number of benzene rings is 8. The fraction of sp³-hybridized carbons (Fsp3) is 0.0566. The summed E-state index contributed by atoms with van der Waals surface area (Å²) in [4.78, 5) is 10.00. The molecule has 0 atom stereocenters. The summed E-state index contributed by atoms with van der Waals surface area (Å²) in [5.74, 6) is 0.721. The van der Waals surface area contributed by atoms with Crippen LogP contribution in [0.15, 0.2) is 194 Å². The molecule has 0 unspecified atom stereocenters. The SMILES string of the molecule is CC1(C)c2ccccc2-c2cc(-c3ccc4ccccc4c3)c(-c3ccc(-c4ccc(-c5cc(-c6ccccc6)nc(-c6ccccc6)n5)cc4)cc3)cc21. The van der Waals surface area contributed by atoms with E-state index in [0.717, 1.165) is 39.5 Å². The van der Waals surface area contributed by atoms with E-state index in [9.17, 15) is 0 Å². The van der Waals surface area contributed by atoms with Crippen LogP contribution in [-0.2, 0) is 5.41 Å². The molecule has 2 heteroatoms. The van der Waals surface area contributed by atoms with E-state index in [1.54, 1.807) is 0 Å². The van der Waals surface area contributed by atoms with Crippen molar-refractivity contribution in [1.82, 2.24) is 9.97 Å². The molecule has 10 rings (SSSR count). The van der Waals surface area contributed by atoms with Gasteiger partial charge in [-0.15, -0.1) is 0 Å². The van der Waals surface area contributed by atoms with Crippen LogP contribution in [0.1, 0.15) is 25.0 Å². The molecule has 2 nitrogen and oxygen atoms in total. The van der Waals surface area contributed by atoms with Gasteiger partial charge in [-0.1, -0.05) is 184 Å². The maximum atomic E-state index is 5.03. The van der Waals surface area contributed by atoms with E-state index >= 15 is 0 Å². The van der Waals surface area contributed by atoms with Crippen LogP contribution in [0, 0.1) is 0 Å². The van der Waals surface area contributed by atoms with Gasteiger partial charge in [0.1, 0.15) is 0 Å². The third kappa shape index (κ3) is 5.84. The number of fused-ring (bicyclic) bond motifs is 4. The monoisotopic (exact) mass is 702 g/mol. The minimum Gasteiger partial charge on any atom is -0.228 e. The van der Waals surface area contributed by atoms with Crippen molar-refractivity contribution in [3.8, 4) is 78.4 Å². The van der Waals surface area contributed by atoms with E-state index in [1.807, 2.05) is 36.4 Å². The van der Waals surface area contributed by atoms with Gasteiger partial charge in [0.15, 0.2) is 5.82 Å². The van der Waals surface area contributed by atoms with E-state index in [4.69, 9.17) is 9.97 Å². The van der Waals surface area contributed by atoms with Gasteiger partial charge in [0.25, 0.3) is 0 Å². The molecule has 0 amide bonds. The first kappa shape index (κ1) is 32.7. The molecule has 0 saturated heterocycles. The van der Waals surface area contributed by atoms with Crippen LogP contribution in [0.5, 0.6) is 0 Å². The van der Waals surface area contributed by atoms with Gasteiger partial charge in [-0.25, -0.2) is 9.97 Å². The Kier molecular flexibility index (Phi) is 7.85. The molecule has 0 spiro atoms. The number of hydrogen-bond acceptors (Lipinski definition) is 2. The van der Waals surface area contributed by atoms with Crippen LogP contribution >= 0.6 is 0 Å². The molecule has 0 bridgehead atoms. The van der Waals surface area contributed by atoms with E-state index in [2.05, 4.69) is 172 Å². The molecular formula is C53H38N2. The molecule has 0 N–H and O–H groups in total. The predicted molar refractivity (Wildman–Crippen MR) is 230 cm³/mol. The quantitative estimate of drug-likeness (QED) is 0.172. The highest BCUT2D eigenvalue weighted by Gasteiger charge is 2.36. The Bertz CT molecular complexity index is 2800. The van der Waals surface area contributed by atoms with Crippen LogP contribution < -0.4 is 0 Å². The Morgan fingerprint density at radius 2 is 0.818 bits per heavy atom. The number of rotatable bonds is 6. The molecule has 1 heterocycles. The third-order valence-electron chi connectivity index (χ3n) is 11.3. The number of nitrogens with zero attached hydrogens (tertiary/aromatic N) is 2. The van der Waals surface area contributed by atoms with Crippen molar-refractivity contribution in [2.45, 2.75) is 19.3 Å². The van der Waals surface area contributed by atoms with Crippen molar-refractivity contribution in [3.63, 3.8) is 0 Å². The van der Waals surface area contributed by atoms with Crippen molar-refractivity contribution < 1.29 is 0 Å². The van der Waals surface area contributed by atoms with Gasteiger partial charge < -0.3 is 0 Å². The zero-order valence-corrected chi connectivity index (χ0v) is 30.9. The van der Waals surface area contributed by atoms with Gasteiger partial charge in [-0.3, -0.25) is 0 Å². The second-order valence-electron chi connectivity index (χ2n) is 15.0. The highest BCUT2D eigenvalue weighted by molar-refractivity contribution is 5.96. The smallest absolute Gasteiger partial charge is 0.160 e. The lowest BCUT2D eigenvalue weighted by Crippen LogP contribution is -2.15. The highest BCUT2D eigenvalue weighted by Crippen LogP contribution is 2.52. The van der Waals surface area contributed by atoms with Gasteiger partial charge in [0, 0.05) is 22.1 Å². The fourth-order valence-electron chi connectivity index (χ4n) is 8.33.